The highest BCUT2D eigenvalue weighted by molar-refractivity contribution is 5.80. The van der Waals surface area contributed by atoms with E-state index in [-0.39, 0.29) is 18.6 Å². The van der Waals surface area contributed by atoms with Crippen LogP contribution in [-0.2, 0) is 16.1 Å². The van der Waals surface area contributed by atoms with Crippen LogP contribution in [0.15, 0.2) is 0 Å². The van der Waals surface area contributed by atoms with Gasteiger partial charge >= 0.3 is 0 Å². The first-order chi connectivity index (χ1) is 6.86. The average molecular weight is 197 g/mol. The zero-order valence-electron chi connectivity index (χ0n) is 7.56. The van der Waals surface area contributed by atoms with Crippen LogP contribution in [0.3, 0.4) is 0 Å². The predicted octanol–water partition coefficient (Wildman–Crippen LogP) is -1.01. The molecular weight excluding hydrogens is 186 g/mol. The summed E-state index contributed by atoms with van der Waals surface area (Å²) in [6.45, 7) is 0.954. The molecule has 2 rings (SSSR count). The molecule has 0 aliphatic carbocycles. The van der Waals surface area contributed by atoms with Gasteiger partial charge in [-0.25, -0.2) is 0 Å². The maximum atomic E-state index is 11.4. The Balaban J connectivity index is 1.77. The molecule has 0 bridgehead atoms. The van der Waals surface area contributed by atoms with Crippen molar-refractivity contribution < 1.29 is 9.53 Å². The van der Waals surface area contributed by atoms with Crippen molar-refractivity contribution >= 4 is 5.91 Å². The Hall–Kier alpha value is -1.50. The van der Waals surface area contributed by atoms with Gasteiger partial charge in [-0.3, -0.25) is 4.79 Å². The molecule has 7 nitrogen and oxygen atoms in total. The summed E-state index contributed by atoms with van der Waals surface area (Å²) in [4.78, 5) is 11.4. The second-order valence-electron chi connectivity index (χ2n) is 3.05. The maximum absolute atomic E-state index is 11.4. The Labute approximate surface area is 80.2 Å². The van der Waals surface area contributed by atoms with Gasteiger partial charge in [-0.1, -0.05) is 5.21 Å². The first kappa shape index (κ1) is 9.07. The molecule has 1 aliphatic heterocycles. The van der Waals surface area contributed by atoms with Crippen LogP contribution >= 0.6 is 0 Å². The van der Waals surface area contributed by atoms with Gasteiger partial charge in [0.1, 0.15) is 6.10 Å². The summed E-state index contributed by atoms with van der Waals surface area (Å²) in [6.07, 6.45) is 1.43. The van der Waals surface area contributed by atoms with Gasteiger partial charge in [0, 0.05) is 6.61 Å². The summed E-state index contributed by atoms with van der Waals surface area (Å²) in [6, 6.07) is 0. The van der Waals surface area contributed by atoms with Crippen LogP contribution in [0.5, 0.6) is 0 Å². The minimum Gasteiger partial charge on any atom is -0.368 e. The van der Waals surface area contributed by atoms with Crippen LogP contribution in [0.2, 0.25) is 0 Å². The van der Waals surface area contributed by atoms with Crippen molar-refractivity contribution in [3.05, 3.63) is 5.82 Å². The lowest BCUT2D eigenvalue weighted by atomic mass is 10.2. The Kier molecular flexibility index (Phi) is 2.68. The fourth-order valence-electron chi connectivity index (χ4n) is 1.32. The van der Waals surface area contributed by atoms with E-state index in [0.717, 1.165) is 12.8 Å². The summed E-state index contributed by atoms with van der Waals surface area (Å²) in [5, 5.41) is 15.8. The van der Waals surface area contributed by atoms with Crippen molar-refractivity contribution in [3.63, 3.8) is 0 Å². The summed E-state index contributed by atoms with van der Waals surface area (Å²) < 4.78 is 5.21. The summed E-state index contributed by atoms with van der Waals surface area (Å²) in [5.74, 6) is 0.364. The molecule has 0 aromatic carbocycles. The number of aromatic amines is 1. The standard InChI is InChI=1S/C7H11N5O2/c13-7(5-2-1-3-14-5)8-4-6-9-11-12-10-6/h5H,1-4H2,(H,8,13)(H,9,10,11,12)/t5-/m1/s1. The number of nitrogens with one attached hydrogen (secondary N) is 2. The Morgan fingerprint density at radius 1 is 1.71 bits per heavy atom. The number of carbonyl (C=O) groups is 1. The lowest BCUT2D eigenvalue weighted by molar-refractivity contribution is -0.130. The van der Waals surface area contributed by atoms with Crippen LogP contribution < -0.4 is 5.32 Å². The van der Waals surface area contributed by atoms with E-state index in [1.165, 1.54) is 0 Å². The number of amides is 1. The highest BCUT2D eigenvalue weighted by Crippen LogP contribution is 2.11. The van der Waals surface area contributed by atoms with Crippen molar-refractivity contribution in [2.24, 2.45) is 0 Å². The number of hydrogen-bond acceptors (Lipinski definition) is 5. The number of tetrazole rings is 1. The molecular formula is C7H11N5O2. The fraction of sp³-hybridized carbons (Fsp3) is 0.714. The molecule has 1 atom stereocenters. The number of aromatic nitrogens is 4. The van der Waals surface area contributed by atoms with Gasteiger partial charge in [-0.15, -0.1) is 10.2 Å². The fourth-order valence-corrected chi connectivity index (χ4v) is 1.32. The van der Waals surface area contributed by atoms with E-state index in [4.69, 9.17) is 4.74 Å². The minimum atomic E-state index is -0.304. The lowest BCUT2D eigenvalue weighted by Crippen LogP contribution is -2.33. The first-order valence-electron chi connectivity index (χ1n) is 4.48. The van der Waals surface area contributed by atoms with Crippen LogP contribution in [-0.4, -0.2) is 39.2 Å². The van der Waals surface area contributed by atoms with Crippen LogP contribution in [0.1, 0.15) is 18.7 Å². The molecule has 1 aromatic rings. The molecule has 0 saturated carbocycles. The SMILES string of the molecule is O=C(NCc1nn[nH]n1)[C@H]1CCCO1. The largest absolute Gasteiger partial charge is 0.368 e. The molecule has 7 heteroatoms. The van der Waals surface area contributed by atoms with E-state index in [1.807, 2.05) is 0 Å². The van der Waals surface area contributed by atoms with Gasteiger partial charge in [-0.05, 0) is 12.8 Å². The predicted molar refractivity (Wildman–Crippen MR) is 45.0 cm³/mol. The zero-order chi connectivity index (χ0) is 9.80. The van der Waals surface area contributed by atoms with E-state index in [1.54, 1.807) is 0 Å². The van der Waals surface area contributed by atoms with Crippen molar-refractivity contribution in [1.29, 1.82) is 0 Å². The molecule has 0 radical (unpaired) electrons. The van der Waals surface area contributed by atoms with Crippen LogP contribution in [0.25, 0.3) is 0 Å². The van der Waals surface area contributed by atoms with Crippen molar-refractivity contribution in [3.8, 4) is 0 Å². The van der Waals surface area contributed by atoms with Gasteiger partial charge in [-0.2, -0.15) is 5.21 Å². The number of rotatable bonds is 3. The molecule has 0 spiro atoms. The normalized spacial score (nSPS) is 21.0. The summed E-state index contributed by atoms with van der Waals surface area (Å²) in [5.41, 5.74) is 0. The molecule has 14 heavy (non-hydrogen) atoms. The number of H-pyrrole nitrogens is 1. The van der Waals surface area contributed by atoms with E-state index < -0.39 is 0 Å². The molecule has 0 unspecified atom stereocenters. The quantitative estimate of drug-likeness (QED) is 0.648. The maximum Gasteiger partial charge on any atom is 0.249 e. The topological polar surface area (TPSA) is 92.8 Å². The molecule has 76 valence electrons. The summed E-state index contributed by atoms with van der Waals surface area (Å²) >= 11 is 0. The number of hydrogen-bond donors (Lipinski definition) is 2. The lowest BCUT2D eigenvalue weighted by Gasteiger charge is -2.08. The number of ether oxygens (including phenoxy) is 1. The summed E-state index contributed by atoms with van der Waals surface area (Å²) in [7, 11) is 0. The second-order valence-corrected chi connectivity index (χ2v) is 3.05. The first-order valence-corrected chi connectivity index (χ1v) is 4.48. The average Bonchev–Trinajstić information content (AvgIpc) is 2.87. The number of nitrogens with zero attached hydrogens (tertiary/aromatic N) is 3. The van der Waals surface area contributed by atoms with Crippen LogP contribution in [0.4, 0.5) is 0 Å². The van der Waals surface area contributed by atoms with Crippen molar-refractivity contribution in [2.45, 2.75) is 25.5 Å². The smallest absolute Gasteiger partial charge is 0.249 e. The van der Waals surface area contributed by atoms with E-state index >= 15 is 0 Å². The third kappa shape index (κ3) is 2.05. The van der Waals surface area contributed by atoms with E-state index in [0.29, 0.717) is 12.4 Å². The highest BCUT2D eigenvalue weighted by Gasteiger charge is 2.23. The molecule has 1 aromatic heterocycles. The van der Waals surface area contributed by atoms with Gasteiger partial charge in [0.15, 0.2) is 5.82 Å². The molecule has 2 N–H and O–H groups in total. The van der Waals surface area contributed by atoms with Gasteiger partial charge in [0.05, 0.1) is 6.54 Å². The third-order valence-electron chi connectivity index (χ3n) is 2.03. The molecule has 1 amide bonds. The molecule has 2 heterocycles. The second kappa shape index (κ2) is 4.14. The van der Waals surface area contributed by atoms with Crippen molar-refractivity contribution in [1.82, 2.24) is 25.9 Å². The van der Waals surface area contributed by atoms with Crippen molar-refractivity contribution in [2.75, 3.05) is 6.61 Å². The van der Waals surface area contributed by atoms with Crippen LogP contribution in [0, 0.1) is 0 Å². The highest BCUT2D eigenvalue weighted by atomic mass is 16.5. The van der Waals surface area contributed by atoms with Gasteiger partial charge in [0.25, 0.3) is 0 Å². The molecule has 1 saturated heterocycles. The number of carbonyl (C=O) groups excluding carboxylic acids is 1. The Morgan fingerprint density at radius 3 is 3.29 bits per heavy atom. The monoisotopic (exact) mass is 197 g/mol. The minimum absolute atomic E-state index is 0.104. The van der Waals surface area contributed by atoms with Gasteiger partial charge < -0.3 is 10.1 Å². The van der Waals surface area contributed by atoms with E-state index in [2.05, 4.69) is 25.9 Å². The Bertz CT molecular complexity index is 293. The Morgan fingerprint density at radius 2 is 2.64 bits per heavy atom. The van der Waals surface area contributed by atoms with E-state index in [9.17, 15) is 4.79 Å². The third-order valence-corrected chi connectivity index (χ3v) is 2.03. The molecule has 1 fully saturated rings. The molecule has 1 aliphatic rings. The van der Waals surface area contributed by atoms with Gasteiger partial charge in [0.2, 0.25) is 5.91 Å². The zero-order valence-corrected chi connectivity index (χ0v) is 7.56.